The van der Waals surface area contributed by atoms with Crippen LogP contribution >= 0.6 is 0 Å². The van der Waals surface area contributed by atoms with Gasteiger partial charge in [0.2, 0.25) is 0 Å². The van der Waals surface area contributed by atoms with Gasteiger partial charge in [0.25, 0.3) is 0 Å². The quantitative estimate of drug-likeness (QED) is 0.675. The molecule has 3 heteroatoms. The lowest BCUT2D eigenvalue weighted by Crippen LogP contribution is -2.21. The first-order valence-corrected chi connectivity index (χ1v) is 7.91. The van der Waals surface area contributed by atoms with Gasteiger partial charge in [0.15, 0.2) is 5.76 Å². The highest BCUT2D eigenvalue weighted by atomic mass is 16.5. The third-order valence-electron chi connectivity index (χ3n) is 4.25. The van der Waals surface area contributed by atoms with E-state index in [1.54, 1.807) is 0 Å². The number of benzene rings is 2. The molecular weight excluding hydrogens is 284 g/mol. The maximum atomic E-state index is 5.50. The second kappa shape index (κ2) is 6.80. The topological polar surface area (TPSA) is 29.3 Å². The summed E-state index contributed by atoms with van der Waals surface area (Å²) in [5.41, 5.74) is 4.56. The van der Waals surface area contributed by atoms with Crippen LogP contribution < -0.4 is 0 Å². The molecule has 1 atom stereocenters. The molecule has 0 saturated heterocycles. The van der Waals surface area contributed by atoms with Gasteiger partial charge in [-0.1, -0.05) is 65.3 Å². The first-order valence-electron chi connectivity index (χ1n) is 7.91. The highest BCUT2D eigenvalue weighted by Crippen LogP contribution is 2.23. The monoisotopic (exact) mass is 306 g/mol. The molecule has 0 N–H and O–H groups in total. The maximum absolute atomic E-state index is 5.50. The Balaban J connectivity index is 1.69. The van der Waals surface area contributed by atoms with E-state index in [2.05, 4.69) is 55.2 Å². The molecule has 23 heavy (non-hydrogen) atoms. The standard InChI is InChI=1S/C20H22N2O/c1-15-9-11-17(12-10-15)16(2)22(3)14-19-13-20(21-23-19)18-7-5-4-6-8-18/h4-13,16H,14H2,1-3H3/t16-/m1/s1. The molecule has 3 nitrogen and oxygen atoms in total. The van der Waals surface area contributed by atoms with Crippen LogP contribution in [0.2, 0.25) is 0 Å². The summed E-state index contributed by atoms with van der Waals surface area (Å²) in [6.45, 7) is 5.05. The molecule has 0 bridgehead atoms. The van der Waals surface area contributed by atoms with Crippen molar-refractivity contribution in [1.82, 2.24) is 10.1 Å². The Labute approximate surface area is 137 Å². The lowest BCUT2D eigenvalue weighted by Gasteiger charge is -2.23. The molecule has 3 aromatic rings. The fourth-order valence-electron chi connectivity index (χ4n) is 2.61. The summed E-state index contributed by atoms with van der Waals surface area (Å²) in [5.74, 6) is 0.880. The SMILES string of the molecule is Cc1ccc([C@@H](C)N(C)Cc2cc(-c3ccccc3)no2)cc1. The molecule has 0 saturated carbocycles. The van der Waals surface area contributed by atoms with Crippen LogP contribution in [0.1, 0.15) is 29.9 Å². The zero-order valence-corrected chi connectivity index (χ0v) is 13.9. The van der Waals surface area contributed by atoms with Gasteiger partial charge in [-0.3, -0.25) is 4.90 Å². The van der Waals surface area contributed by atoms with E-state index in [-0.39, 0.29) is 0 Å². The van der Waals surface area contributed by atoms with E-state index in [1.807, 2.05) is 36.4 Å². The molecule has 0 aliphatic rings. The van der Waals surface area contributed by atoms with Crippen molar-refractivity contribution in [2.24, 2.45) is 0 Å². The Morgan fingerprint density at radius 2 is 1.74 bits per heavy atom. The third kappa shape index (κ3) is 3.69. The van der Waals surface area contributed by atoms with E-state index in [0.29, 0.717) is 6.04 Å². The first-order chi connectivity index (χ1) is 11.1. The van der Waals surface area contributed by atoms with E-state index in [1.165, 1.54) is 11.1 Å². The van der Waals surface area contributed by atoms with Crippen molar-refractivity contribution in [3.8, 4) is 11.3 Å². The zero-order chi connectivity index (χ0) is 16.2. The van der Waals surface area contributed by atoms with Gasteiger partial charge in [0, 0.05) is 17.7 Å². The minimum absolute atomic E-state index is 0.320. The fraction of sp³-hybridized carbons (Fsp3) is 0.250. The van der Waals surface area contributed by atoms with Crippen LogP contribution in [-0.2, 0) is 6.54 Å². The van der Waals surface area contributed by atoms with Gasteiger partial charge in [0.05, 0.1) is 6.54 Å². The Kier molecular flexibility index (Phi) is 4.58. The number of aryl methyl sites for hydroxylation is 1. The first kappa shape index (κ1) is 15.5. The normalized spacial score (nSPS) is 12.5. The average molecular weight is 306 g/mol. The van der Waals surface area contributed by atoms with Gasteiger partial charge >= 0.3 is 0 Å². The van der Waals surface area contributed by atoms with Gasteiger partial charge in [-0.25, -0.2) is 0 Å². The van der Waals surface area contributed by atoms with Crippen LogP contribution in [0.4, 0.5) is 0 Å². The molecule has 118 valence electrons. The van der Waals surface area contributed by atoms with Crippen molar-refractivity contribution in [2.45, 2.75) is 26.4 Å². The predicted molar refractivity (Wildman–Crippen MR) is 93.0 cm³/mol. The molecule has 0 radical (unpaired) electrons. The van der Waals surface area contributed by atoms with Crippen LogP contribution in [0.15, 0.2) is 65.2 Å². The smallest absolute Gasteiger partial charge is 0.151 e. The number of rotatable bonds is 5. The predicted octanol–water partition coefficient (Wildman–Crippen LogP) is 4.84. The molecule has 1 heterocycles. The fourth-order valence-corrected chi connectivity index (χ4v) is 2.61. The van der Waals surface area contributed by atoms with Crippen LogP contribution in [0.3, 0.4) is 0 Å². The molecule has 0 fully saturated rings. The summed E-state index contributed by atoms with van der Waals surface area (Å²) in [6.07, 6.45) is 0. The van der Waals surface area contributed by atoms with Crippen LogP contribution in [0.25, 0.3) is 11.3 Å². The Hall–Kier alpha value is -2.39. The van der Waals surface area contributed by atoms with Crippen molar-refractivity contribution < 1.29 is 4.52 Å². The minimum atomic E-state index is 0.320. The van der Waals surface area contributed by atoms with Crippen molar-refractivity contribution >= 4 is 0 Å². The summed E-state index contributed by atoms with van der Waals surface area (Å²) in [5, 5.41) is 4.18. The number of hydrogen-bond donors (Lipinski definition) is 0. The van der Waals surface area contributed by atoms with Crippen LogP contribution in [-0.4, -0.2) is 17.1 Å². The molecule has 3 rings (SSSR count). The summed E-state index contributed by atoms with van der Waals surface area (Å²) in [6, 6.07) is 21.1. The van der Waals surface area contributed by atoms with Crippen molar-refractivity contribution in [2.75, 3.05) is 7.05 Å². The Morgan fingerprint density at radius 1 is 1.04 bits per heavy atom. The van der Waals surface area contributed by atoms with E-state index in [4.69, 9.17) is 4.52 Å². The molecule has 2 aromatic carbocycles. The molecule has 0 unspecified atom stereocenters. The highest BCUT2D eigenvalue weighted by molar-refractivity contribution is 5.58. The lowest BCUT2D eigenvalue weighted by atomic mass is 10.1. The van der Waals surface area contributed by atoms with Crippen molar-refractivity contribution in [3.63, 3.8) is 0 Å². The second-order valence-electron chi connectivity index (χ2n) is 6.05. The Bertz CT molecular complexity index is 747. The summed E-state index contributed by atoms with van der Waals surface area (Å²) < 4.78 is 5.50. The van der Waals surface area contributed by atoms with Gasteiger partial charge in [-0.15, -0.1) is 0 Å². The van der Waals surface area contributed by atoms with Crippen LogP contribution in [0.5, 0.6) is 0 Å². The average Bonchev–Trinajstić information content (AvgIpc) is 3.04. The molecule has 1 aromatic heterocycles. The molecule has 0 spiro atoms. The molecule has 0 aliphatic carbocycles. The van der Waals surface area contributed by atoms with E-state index < -0.39 is 0 Å². The number of hydrogen-bond acceptors (Lipinski definition) is 3. The largest absolute Gasteiger partial charge is 0.359 e. The van der Waals surface area contributed by atoms with Gasteiger partial charge in [0.1, 0.15) is 5.69 Å². The van der Waals surface area contributed by atoms with Gasteiger partial charge in [-0.2, -0.15) is 0 Å². The molecule has 0 amide bonds. The molecular formula is C20H22N2O. The number of nitrogens with zero attached hydrogens (tertiary/aromatic N) is 2. The minimum Gasteiger partial charge on any atom is -0.359 e. The zero-order valence-electron chi connectivity index (χ0n) is 13.9. The Morgan fingerprint density at radius 3 is 2.43 bits per heavy atom. The second-order valence-corrected chi connectivity index (χ2v) is 6.05. The van der Waals surface area contributed by atoms with E-state index >= 15 is 0 Å². The van der Waals surface area contributed by atoms with E-state index in [0.717, 1.165) is 23.6 Å². The summed E-state index contributed by atoms with van der Waals surface area (Å²) in [7, 11) is 2.11. The van der Waals surface area contributed by atoms with E-state index in [9.17, 15) is 0 Å². The maximum Gasteiger partial charge on any atom is 0.151 e. The molecule has 0 aliphatic heterocycles. The summed E-state index contributed by atoms with van der Waals surface area (Å²) >= 11 is 0. The third-order valence-corrected chi connectivity index (χ3v) is 4.25. The highest BCUT2D eigenvalue weighted by Gasteiger charge is 2.15. The van der Waals surface area contributed by atoms with Crippen molar-refractivity contribution in [1.29, 1.82) is 0 Å². The summed E-state index contributed by atoms with van der Waals surface area (Å²) in [4.78, 5) is 2.26. The van der Waals surface area contributed by atoms with Gasteiger partial charge in [-0.05, 0) is 26.5 Å². The van der Waals surface area contributed by atoms with Gasteiger partial charge < -0.3 is 4.52 Å². The lowest BCUT2D eigenvalue weighted by molar-refractivity contribution is 0.221. The van der Waals surface area contributed by atoms with Crippen molar-refractivity contribution in [3.05, 3.63) is 77.6 Å². The van der Waals surface area contributed by atoms with Crippen LogP contribution in [0, 0.1) is 6.92 Å². The number of aromatic nitrogens is 1.